The molecule has 0 saturated heterocycles. The second-order valence-corrected chi connectivity index (χ2v) is 7.39. The molecule has 1 aliphatic heterocycles. The molecule has 9 heteroatoms. The second-order valence-electron chi connectivity index (χ2n) is 6.45. The highest BCUT2D eigenvalue weighted by Crippen LogP contribution is 2.32. The first-order valence-electron chi connectivity index (χ1n) is 9.08. The number of ether oxygens (including phenoxy) is 2. The fraction of sp³-hybridized carbons (Fsp3) is 0.250. The minimum absolute atomic E-state index is 0.119. The smallest absolute Gasteiger partial charge is 0.297 e. The molecule has 150 valence electrons. The van der Waals surface area contributed by atoms with Crippen molar-refractivity contribution in [1.29, 1.82) is 0 Å². The summed E-state index contributed by atoms with van der Waals surface area (Å²) in [5.74, 6) is 1.70. The van der Waals surface area contributed by atoms with E-state index in [1.54, 1.807) is 37.4 Å². The molecule has 29 heavy (non-hydrogen) atoms. The molecule has 2 aromatic carbocycles. The maximum absolute atomic E-state index is 13.0. The molecule has 0 bridgehead atoms. The summed E-state index contributed by atoms with van der Waals surface area (Å²) < 4.78 is 25.7. The van der Waals surface area contributed by atoms with Crippen LogP contribution in [0.4, 0.5) is 15.9 Å². The fourth-order valence-electron chi connectivity index (χ4n) is 2.76. The van der Waals surface area contributed by atoms with E-state index < -0.39 is 0 Å². The number of halogens is 1. The molecule has 7 nitrogen and oxygen atoms in total. The number of aromatic nitrogens is 3. The lowest BCUT2D eigenvalue weighted by Crippen LogP contribution is -2.24. The summed E-state index contributed by atoms with van der Waals surface area (Å²) in [6, 6.07) is 11.6. The Morgan fingerprint density at radius 3 is 2.66 bits per heavy atom. The molecule has 3 aromatic rings. The van der Waals surface area contributed by atoms with Crippen LogP contribution in [0.15, 0.2) is 52.4 Å². The molecular weight excluding hydrogens is 395 g/mol. The van der Waals surface area contributed by atoms with Crippen LogP contribution < -0.4 is 20.3 Å². The van der Waals surface area contributed by atoms with Gasteiger partial charge >= 0.3 is 0 Å². The molecule has 0 unspecified atom stereocenters. The van der Waals surface area contributed by atoms with Crippen LogP contribution in [0.25, 0.3) is 0 Å². The van der Waals surface area contributed by atoms with Gasteiger partial charge in [-0.3, -0.25) is 9.36 Å². The molecule has 1 aromatic heterocycles. The van der Waals surface area contributed by atoms with Gasteiger partial charge in [0.15, 0.2) is 16.7 Å². The Labute approximate surface area is 170 Å². The predicted octanol–water partition coefficient (Wildman–Crippen LogP) is 3.51. The van der Waals surface area contributed by atoms with Crippen molar-refractivity contribution in [3.8, 4) is 11.5 Å². The molecule has 0 amide bonds. The van der Waals surface area contributed by atoms with Crippen LogP contribution in [-0.4, -0.2) is 28.0 Å². The topological polar surface area (TPSA) is 78.3 Å². The van der Waals surface area contributed by atoms with Gasteiger partial charge in [-0.1, -0.05) is 23.9 Å². The van der Waals surface area contributed by atoms with Crippen molar-refractivity contribution in [2.75, 3.05) is 18.5 Å². The summed E-state index contributed by atoms with van der Waals surface area (Å²) in [5.41, 5.74) is 1.29. The average molecular weight is 414 g/mol. The maximum atomic E-state index is 13.0. The highest BCUT2D eigenvalue weighted by atomic mass is 32.2. The van der Waals surface area contributed by atoms with E-state index in [0.717, 1.165) is 12.0 Å². The molecule has 1 aliphatic rings. The Kier molecular flexibility index (Phi) is 5.66. The van der Waals surface area contributed by atoms with E-state index in [-0.39, 0.29) is 17.2 Å². The number of fused-ring (bicyclic) bond motifs is 1. The highest BCUT2D eigenvalue weighted by Gasteiger charge is 2.14. The van der Waals surface area contributed by atoms with Gasteiger partial charge in [0, 0.05) is 31.0 Å². The lowest BCUT2D eigenvalue weighted by atomic mass is 10.2. The fourth-order valence-corrected chi connectivity index (χ4v) is 3.62. The molecule has 0 atom stereocenters. The number of thioether (sulfide) groups is 1. The quantitative estimate of drug-likeness (QED) is 0.640. The minimum Gasteiger partial charge on any atom is -0.490 e. The summed E-state index contributed by atoms with van der Waals surface area (Å²) in [6.07, 6.45) is 0.820. The second kappa shape index (κ2) is 8.52. The highest BCUT2D eigenvalue weighted by molar-refractivity contribution is 7.98. The number of hydrogen-bond donors (Lipinski definition) is 1. The Balaban J connectivity index is 1.49. The van der Waals surface area contributed by atoms with Gasteiger partial charge in [-0.2, -0.15) is 0 Å². The SMILES string of the molecule is Cn1c(SCc2ccc(F)cc2)nnc(Nc2ccc3c(c2)OCCCO3)c1=O. The van der Waals surface area contributed by atoms with E-state index in [4.69, 9.17) is 9.47 Å². The molecule has 4 rings (SSSR count). The van der Waals surface area contributed by atoms with Crippen molar-refractivity contribution in [1.82, 2.24) is 14.8 Å². The van der Waals surface area contributed by atoms with E-state index in [1.165, 1.54) is 28.5 Å². The Hall–Kier alpha value is -3.07. The molecular formula is C20H19FN4O3S. The normalized spacial score (nSPS) is 13.0. The lowest BCUT2D eigenvalue weighted by molar-refractivity contribution is 0.297. The van der Waals surface area contributed by atoms with Crippen LogP contribution in [-0.2, 0) is 12.8 Å². The van der Waals surface area contributed by atoms with Gasteiger partial charge in [0.1, 0.15) is 5.82 Å². The van der Waals surface area contributed by atoms with Crippen LogP contribution in [0, 0.1) is 5.82 Å². The van der Waals surface area contributed by atoms with E-state index >= 15 is 0 Å². The van der Waals surface area contributed by atoms with Crippen molar-refractivity contribution in [2.45, 2.75) is 17.3 Å². The van der Waals surface area contributed by atoms with Crippen molar-refractivity contribution < 1.29 is 13.9 Å². The van der Waals surface area contributed by atoms with Gasteiger partial charge in [-0.25, -0.2) is 4.39 Å². The predicted molar refractivity (Wildman–Crippen MR) is 109 cm³/mol. The van der Waals surface area contributed by atoms with Crippen LogP contribution in [0.5, 0.6) is 11.5 Å². The van der Waals surface area contributed by atoms with Crippen LogP contribution >= 0.6 is 11.8 Å². The number of nitrogens with one attached hydrogen (secondary N) is 1. The standard InChI is InChI=1S/C20H19FN4O3S/c1-25-19(26)18(22-15-7-8-16-17(11-15)28-10-2-9-27-16)23-24-20(25)29-12-13-3-5-14(21)6-4-13/h3-8,11H,2,9-10,12H2,1H3,(H,22,23). The first kappa shape index (κ1) is 19.3. The van der Waals surface area contributed by atoms with Crippen molar-refractivity contribution in [3.05, 3.63) is 64.2 Å². The number of rotatable bonds is 5. The summed E-state index contributed by atoms with van der Waals surface area (Å²) in [5, 5.41) is 11.7. The van der Waals surface area contributed by atoms with E-state index in [2.05, 4.69) is 15.5 Å². The molecule has 0 saturated carbocycles. The third-order valence-corrected chi connectivity index (χ3v) is 5.41. The number of hydrogen-bond acceptors (Lipinski definition) is 7. The first-order valence-corrected chi connectivity index (χ1v) is 10.1. The zero-order chi connectivity index (χ0) is 20.2. The molecule has 0 radical (unpaired) electrons. The lowest BCUT2D eigenvalue weighted by Gasteiger charge is -2.11. The number of anilines is 2. The Bertz CT molecular complexity index is 1070. The van der Waals surface area contributed by atoms with Gasteiger partial charge in [-0.05, 0) is 29.8 Å². The maximum Gasteiger partial charge on any atom is 0.297 e. The van der Waals surface area contributed by atoms with Crippen molar-refractivity contribution >= 4 is 23.3 Å². The number of nitrogens with zero attached hydrogens (tertiary/aromatic N) is 3. The third-order valence-electron chi connectivity index (χ3n) is 4.32. The summed E-state index contributed by atoms with van der Waals surface area (Å²) in [4.78, 5) is 12.7. The Morgan fingerprint density at radius 2 is 1.86 bits per heavy atom. The average Bonchev–Trinajstić information content (AvgIpc) is 2.97. The molecule has 2 heterocycles. The molecule has 0 aliphatic carbocycles. The van der Waals surface area contributed by atoms with Crippen LogP contribution in [0.1, 0.15) is 12.0 Å². The van der Waals surface area contributed by atoms with Gasteiger partial charge in [0.2, 0.25) is 5.82 Å². The minimum atomic E-state index is -0.297. The molecule has 1 N–H and O–H groups in total. The summed E-state index contributed by atoms with van der Waals surface area (Å²) >= 11 is 1.36. The summed E-state index contributed by atoms with van der Waals surface area (Å²) in [7, 11) is 1.64. The summed E-state index contributed by atoms with van der Waals surface area (Å²) in [6.45, 7) is 1.20. The van der Waals surface area contributed by atoms with Gasteiger partial charge < -0.3 is 14.8 Å². The first-order chi connectivity index (χ1) is 14.1. The van der Waals surface area contributed by atoms with Gasteiger partial charge in [-0.15, -0.1) is 10.2 Å². The van der Waals surface area contributed by atoms with Gasteiger partial charge in [0.05, 0.1) is 13.2 Å². The monoisotopic (exact) mass is 414 g/mol. The van der Waals surface area contributed by atoms with E-state index in [9.17, 15) is 9.18 Å². The largest absolute Gasteiger partial charge is 0.490 e. The van der Waals surface area contributed by atoms with E-state index in [0.29, 0.717) is 41.3 Å². The Morgan fingerprint density at radius 1 is 1.10 bits per heavy atom. The molecule has 0 spiro atoms. The zero-order valence-electron chi connectivity index (χ0n) is 15.7. The van der Waals surface area contributed by atoms with Crippen molar-refractivity contribution in [2.24, 2.45) is 7.05 Å². The number of benzene rings is 2. The van der Waals surface area contributed by atoms with E-state index in [1.807, 2.05) is 0 Å². The third kappa shape index (κ3) is 4.51. The molecule has 0 fully saturated rings. The van der Waals surface area contributed by atoms with Crippen LogP contribution in [0.2, 0.25) is 0 Å². The van der Waals surface area contributed by atoms with Crippen molar-refractivity contribution in [3.63, 3.8) is 0 Å². The zero-order valence-corrected chi connectivity index (χ0v) is 16.5. The van der Waals surface area contributed by atoms with Crippen LogP contribution in [0.3, 0.4) is 0 Å². The van der Waals surface area contributed by atoms with Gasteiger partial charge in [0.25, 0.3) is 5.56 Å².